The van der Waals surface area contributed by atoms with Crippen LogP contribution in [0, 0.1) is 12.7 Å². The predicted molar refractivity (Wildman–Crippen MR) is 45.5 cm³/mol. The molecule has 0 unspecified atom stereocenters. The van der Waals surface area contributed by atoms with Gasteiger partial charge in [-0.25, -0.2) is 9.37 Å². The smallest absolute Gasteiger partial charge is 0.221 e. The Balaban J connectivity index is 2.40. The van der Waals surface area contributed by atoms with Gasteiger partial charge in [-0.1, -0.05) is 0 Å². The highest BCUT2D eigenvalue weighted by atomic mass is 19.1. The van der Waals surface area contributed by atoms with Crippen molar-refractivity contribution in [2.24, 2.45) is 0 Å². The van der Waals surface area contributed by atoms with E-state index in [4.69, 9.17) is 0 Å². The van der Waals surface area contributed by atoms with Gasteiger partial charge in [0.2, 0.25) is 5.82 Å². The van der Waals surface area contributed by atoms with Gasteiger partial charge in [-0.15, -0.1) is 20.4 Å². The summed E-state index contributed by atoms with van der Waals surface area (Å²) in [5.74, 6) is 0.369. The fourth-order valence-electron chi connectivity index (χ4n) is 0.890. The number of hydrogen-bond acceptors (Lipinski definition) is 5. The average molecular weight is 191 g/mol. The summed E-state index contributed by atoms with van der Waals surface area (Å²) in [6.45, 7) is 1.68. The molecule has 0 aromatic carbocycles. The molecule has 0 spiro atoms. The third kappa shape index (κ3) is 1.68. The van der Waals surface area contributed by atoms with Crippen LogP contribution in [0.25, 0.3) is 11.5 Å². The molecule has 2 heterocycles. The molecule has 2 aromatic heterocycles. The highest BCUT2D eigenvalue weighted by Gasteiger charge is 2.03. The van der Waals surface area contributed by atoms with Gasteiger partial charge in [0.1, 0.15) is 11.5 Å². The maximum Gasteiger partial charge on any atom is 0.221 e. The van der Waals surface area contributed by atoms with Crippen LogP contribution in [0.1, 0.15) is 5.82 Å². The Labute approximate surface area is 79.1 Å². The van der Waals surface area contributed by atoms with E-state index < -0.39 is 5.82 Å². The van der Waals surface area contributed by atoms with E-state index in [9.17, 15) is 4.39 Å². The second kappa shape index (κ2) is 3.41. The van der Waals surface area contributed by atoms with Gasteiger partial charge in [0, 0.05) is 0 Å². The van der Waals surface area contributed by atoms with Crippen molar-refractivity contribution in [1.29, 1.82) is 0 Å². The summed E-state index contributed by atoms with van der Waals surface area (Å²) >= 11 is 0. The molecule has 2 aromatic rings. The van der Waals surface area contributed by atoms with Crippen molar-refractivity contribution in [3.05, 3.63) is 30.0 Å². The Kier molecular flexibility index (Phi) is 2.10. The fourth-order valence-corrected chi connectivity index (χ4v) is 0.890. The number of nitrogens with zero attached hydrogens (tertiary/aromatic N) is 5. The van der Waals surface area contributed by atoms with Gasteiger partial charge in [-0.3, -0.25) is 0 Å². The zero-order valence-corrected chi connectivity index (χ0v) is 7.35. The van der Waals surface area contributed by atoms with E-state index in [1.807, 2.05) is 0 Å². The molecule has 0 aliphatic carbocycles. The normalized spacial score (nSPS) is 10.1. The fraction of sp³-hybridized carbons (Fsp3) is 0.125. The number of aromatic nitrogens is 5. The van der Waals surface area contributed by atoms with E-state index in [0.717, 1.165) is 6.20 Å². The zero-order valence-electron chi connectivity index (χ0n) is 7.35. The first-order chi connectivity index (χ1) is 6.75. The second-order valence-electron chi connectivity index (χ2n) is 2.63. The van der Waals surface area contributed by atoms with Crippen LogP contribution in [0.2, 0.25) is 0 Å². The van der Waals surface area contributed by atoms with Crippen LogP contribution < -0.4 is 0 Å². The number of halogens is 1. The van der Waals surface area contributed by atoms with E-state index in [2.05, 4.69) is 25.4 Å². The molecule has 0 atom stereocenters. The van der Waals surface area contributed by atoms with Crippen molar-refractivity contribution in [2.75, 3.05) is 0 Å². The van der Waals surface area contributed by atoms with Crippen LogP contribution in [0.3, 0.4) is 0 Å². The third-order valence-corrected chi connectivity index (χ3v) is 1.54. The Morgan fingerprint density at radius 1 is 1.07 bits per heavy atom. The van der Waals surface area contributed by atoms with Crippen molar-refractivity contribution < 1.29 is 4.39 Å². The number of rotatable bonds is 1. The SMILES string of the molecule is Cc1nnc(-c2ccc(F)cn2)nn1. The van der Waals surface area contributed by atoms with Crippen LogP contribution in [0.5, 0.6) is 0 Å². The minimum atomic E-state index is -0.401. The summed E-state index contributed by atoms with van der Waals surface area (Å²) in [4.78, 5) is 3.80. The summed E-state index contributed by atoms with van der Waals surface area (Å²) in [6, 6.07) is 2.76. The van der Waals surface area contributed by atoms with E-state index in [-0.39, 0.29) is 5.82 Å². The van der Waals surface area contributed by atoms with Crippen molar-refractivity contribution in [1.82, 2.24) is 25.4 Å². The minimum absolute atomic E-state index is 0.288. The first-order valence-electron chi connectivity index (χ1n) is 3.91. The summed E-state index contributed by atoms with van der Waals surface area (Å²) in [7, 11) is 0. The lowest BCUT2D eigenvalue weighted by molar-refractivity contribution is 0.621. The number of hydrogen-bond donors (Lipinski definition) is 0. The Hall–Kier alpha value is -1.98. The van der Waals surface area contributed by atoms with Gasteiger partial charge in [-0.05, 0) is 19.1 Å². The molecule has 0 N–H and O–H groups in total. The highest BCUT2D eigenvalue weighted by Crippen LogP contribution is 2.08. The van der Waals surface area contributed by atoms with Crippen LogP contribution in [-0.2, 0) is 0 Å². The molecule has 0 fully saturated rings. The second-order valence-corrected chi connectivity index (χ2v) is 2.63. The largest absolute Gasteiger partial charge is 0.250 e. The van der Waals surface area contributed by atoms with Crippen LogP contribution >= 0.6 is 0 Å². The first-order valence-corrected chi connectivity index (χ1v) is 3.91. The quantitative estimate of drug-likeness (QED) is 0.666. The average Bonchev–Trinajstić information content (AvgIpc) is 2.21. The van der Waals surface area contributed by atoms with E-state index in [1.54, 1.807) is 6.92 Å². The summed E-state index contributed by atoms with van der Waals surface area (Å²) in [6.07, 6.45) is 1.10. The van der Waals surface area contributed by atoms with E-state index in [0.29, 0.717) is 11.5 Å². The van der Waals surface area contributed by atoms with Crippen LogP contribution in [0.4, 0.5) is 4.39 Å². The van der Waals surface area contributed by atoms with Gasteiger partial charge in [-0.2, -0.15) is 0 Å². The summed E-state index contributed by atoms with van der Waals surface area (Å²) < 4.78 is 12.5. The topological polar surface area (TPSA) is 64.5 Å². The van der Waals surface area contributed by atoms with Gasteiger partial charge in [0.25, 0.3) is 0 Å². The minimum Gasteiger partial charge on any atom is -0.250 e. The molecule has 0 saturated carbocycles. The van der Waals surface area contributed by atoms with Crippen molar-refractivity contribution in [3.8, 4) is 11.5 Å². The third-order valence-electron chi connectivity index (χ3n) is 1.54. The van der Waals surface area contributed by atoms with Gasteiger partial charge >= 0.3 is 0 Å². The molecule has 0 amide bonds. The molecule has 0 radical (unpaired) electrons. The molecule has 5 nitrogen and oxygen atoms in total. The van der Waals surface area contributed by atoms with Gasteiger partial charge < -0.3 is 0 Å². The lowest BCUT2D eigenvalue weighted by Gasteiger charge is -1.96. The van der Waals surface area contributed by atoms with Crippen molar-refractivity contribution in [2.45, 2.75) is 6.92 Å². The lowest BCUT2D eigenvalue weighted by atomic mass is 10.3. The molecule has 0 aliphatic rings. The van der Waals surface area contributed by atoms with E-state index in [1.165, 1.54) is 12.1 Å². The Morgan fingerprint density at radius 2 is 1.79 bits per heavy atom. The molecule has 6 heteroatoms. The molecular formula is C8H6FN5. The molecular weight excluding hydrogens is 185 g/mol. The molecule has 70 valence electrons. The molecule has 2 rings (SSSR count). The Morgan fingerprint density at radius 3 is 2.36 bits per heavy atom. The zero-order chi connectivity index (χ0) is 9.97. The number of aryl methyl sites for hydroxylation is 1. The molecule has 0 saturated heterocycles. The maximum atomic E-state index is 12.5. The van der Waals surface area contributed by atoms with Gasteiger partial charge in [0.15, 0.2) is 5.82 Å². The first kappa shape index (κ1) is 8.61. The van der Waals surface area contributed by atoms with Crippen molar-refractivity contribution in [3.63, 3.8) is 0 Å². The summed E-state index contributed by atoms with van der Waals surface area (Å²) in [5, 5.41) is 15.0. The summed E-state index contributed by atoms with van der Waals surface area (Å²) in [5.41, 5.74) is 0.450. The maximum absolute atomic E-state index is 12.5. The number of pyridine rings is 1. The van der Waals surface area contributed by atoms with Crippen molar-refractivity contribution >= 4 is 0 Å². The predicted octanol–water partition coefficient (Wildman–Crippen LogP) is 0.776. The molecule has 14 heavy (non-hydrogen) atoms. The highest BCUT2D eigenvalue weighted by molar-refractivity contribution is 5.46. The Bertz CT molecular complexity index is 381. The van der Waals surface area contributed by atoms with Crippen LogP contribution in [0.15, 0.2) is 18.3 Å². The van der Waals surface area contributed by atoms with Crippen LogP contribution in [-0.4, -0.2) is 25.4 Å². The molecule has 0 aliphatic heterocycles. The lowest BCUT2D eigenvalue weighted by Crippen LogP contribution is -1.99. The monoisotopic (exact) mass is 191 g/mol. The molecule has 0 bridgehead atoms. The van der Waals surface area contributed by atoms with E-state index >= 15 is 0 Å². The van der Waals surface area contributed by atoms with Gasteiger partial charge in [0.05, 0.1) is 6.20 Å². The standard InChI is InChI=1S/C8H6FN5/c1-5-11-13-8(14-12-5)7-3-2-6(9)4-10-7/h2-4H,1H3.